The summed E-state index contributed by atoms with van der Waals surface area (Å²) in [5, 5.41) is 10.7. The van der Waals surface area contributed by atoms with Crippen LogP contribution in [-0.2, 0) is 22.5 Å². The van der Waals surface area contributed by atoms with Crippen LogP contribution in [0.5, 0.6) is 0 Å². The lowest BCUT2D eigenvalue weighted by molar-refractivity contribution is -0.121. The average Bonchev–Trinajstić information content (AvgIpc) is 3.22. The molecule has 1 amide bonds. The number of morpholine rings is 1. The van der Waals surface area contributed by atoms with Gasteiger partial charge in [0.1, 0.15) is 0 Å². The molecule has 1 aromatic heterocycles. The van der Waals surface area contributed by atoms with E-state index >= 15 is 0 Å². The summed E-state index contributed by atoms with van der Waals surface area (Å²) in [6.45, 7) is 4.37. The molecule has 0 radical (unpaired) electrons. The molecule has 1 aliphatic rings. The molecule has 9 heteroatoms. The van der Waals surface area contributed by atoms with Crippen LogP contribution in [0.15, 0.2) is 46.9 Å². The molecule has 1 fully saturated rings. The molecule has 0 saturated carbocycles. The van der Waals surface area contributed by atoms with E-state index < -0.39 is 11.6 Å². The summed E-state index contributed by atoms with van der Waals surface area (Å²) >= 11 is 0. The predicted molar refractivity (Wildman–Crippen MR) is 113 cm³/mol. The number of benzene rings is 2. The summed E-state index contributed by atoms with van der Waals surface area (Å²) in [4.78, 5) is 14.5. The van der Waals surface area contributed by atoms with Gasteiger partial charge in [-0.3, -0.25) is 9.69 Å². The van der Waals surface area contributed by atoms with Crippen molar-refractivity contribution in [3.63, 3.8) is 0 Å². The van der Waals surface area contributed by atoms with Crippen LogP contribution in [0.25, 0.3) is 11.5 Å². The molecule has 168 valence electrons. The van der Waals surface area contributed by atoms with E-state index in [4.69, 9.17) is 9.15 Å². The molecule has 2 aromatic carbocycles. The second-order valence-corrected chi connectivity index (χ2v) is 7.78. The maximum absolute atomic E-state index is 13.4. The smallest absolute Gasteiger partial charge is 0.247 e. The third-order valence-electron chi connectivity index (χ3n) is 5.20. The van der Waals surface area contributed by atoms with E-state index in [1.807, 2.05) is 24.3 Å². The first-order valence-electron chi connectivity index (χ1n) is 10.4. The van der Waals surface area contributed by atoms with E-state index in [0.717, 1.165) is 17.2 Å². The highest BCUT2D eigenvalue weighted by atomic mass is 19.2. The van der Waals surface area contributed by atoms with Crippen molar-refractivity contribution in [2.24, 2.45) is 0 Å². The zero-order valence-corrected chi connectivity index (χ0v) is 17.7. The van der Waals surface area contributed by atoms with Crippen molar-refractivity contribution >= 4 is 5.91 Å². The van der Waals surface area contributed by atoms with Gasteiger partial charge in [-0.1, -0.05) is 18.2 Å². The van der Waals surface area contributed by atoms with Crippen LogP contribution in [0.3, 0.4) is 0 Å². The fourth-order valence-electron chi connectivity index (χ4n) is 3.65. The molecule has 1 N–H and O–H groups in total. The quantitative estimate of drug-likeness (QED) is 0.606. The maximum atomic E-state index is 13.4. The molecule has 4 rings (SSSR count). The molecular weight excluding hydrogens is 418 g/mol. The largest absolute Gasteiger partial charge is 0.421 e. The normalized spacial score (nSPS) is 16.8. The third-order valence-corrected chi connectivity index (χ3v) is 5.20. The van der Waals surface area contributed by atoms with E-state index in [1.165, 1.54) is 6.07 Å². The van der Waals surface area contributed by atoms with Crippen LogP contribution < -0.4 is 5.32 Å². The fourth-order valence-corrected chi connectivity index (χ4v) is 3.65. The summed E-state index contributed by atoms with van der Waals surface area (Å²) in [6.07, 6.45) is 0.0393. The van der Waals surface area contributed by atoms with Crippen LogP contribution in [-0.4, -0.2) is 53.3 Å². The van der Waals surface area contributed by atoms with Crippen molar-refractivity contribution in [1.29, 1.82) is 0 Å². The number of carbonyl (C=O) groups is 1. The first-order chi connectivity index (χ1) is 15.5. The number of ether oxygens (including phenoxy) is 1. The topological polar surface area (TPSA) is 80.5 Å². The summed E-state index contributed by atoms with van der Waals surface area (Å²) in [5.74, 6) is -0.923. The minimum Gasteiger partial charge on any atom is -0.421 e. The van der Waals surface area contributed by atoms with E-state index in [2.05, 4.69) is 20.4 Å². The Kier molecular flexibility index (Phi) is 6.87. The number of hydrogen-bond donors (Lipinski definition) is 1. The van der Waals surface area contributed by atoms with Crippen LogP contribution in [0.4, 0.5) is 8.78 Å². The van der Waals surface area contributed by atoms with Gasteiger partial charge < -0.3 is 14.5 Å². The molecule has 2 heterocycles. The lowest BCUT2D eigenvalue weighted by atomic mass is 10.1. The second-order valence-electron chi connectivity index (χ2n) is 7.78. The molecule has 7 nitrogen and oxygen atoms in total. The molecule has 32 heavy (non-hydrogen) atoms. The summed E-state index contributed by atoms with van der Waals surface area (Å²) in [7, 11) is 0. The van der Waals surface area contributed by atoms with Gasteiger partial charge >= 0.3 is 0 Å². The Balaban J connectivity index is 1.27. The van der Waals surface area contributed by atoms with E-state index in [1.54, 1.807) is 13.0 Å². The van der Waals surface area contributed by atoms with Gasteiger partial charge in [0.2, 0.25) is 17.7 Å². The first kappa shape index (κ1) is 22.0. The van der Waals surface area contributed by atoms with E-state index in [9.17, 15) is 13.6 Å². The number of halogens is 2. The van der Waals surface area contributed by atoms with Crippen molar-refractivity contribution in [3.05, 3.63) is 71.1 Å². The second kappa shape index (κ2) is 9.97. The summed E-state index contributed by atoms with van der Waals surface area (Å²) in [5.41, 5.74) is 2.30. The predicted octanol–water partition coefficient (Wildman–Crippen LogP) is 2.88. The maximum Gasteiger partial charge on any atom is 0.247 e. The number of amides is 1. The minimum atomic E-state index is -0.853. The number of nitrogens with one attached hydrogen (secondary N) is 1. The van der Waals surface area contributed by atoms with Crippen molar-refractivity contribution in [2.45, 2.75) is 26.0 Å². The van der Waals surface area contributed by atoms with Crippen LogP contribution in [0, 0.1) is 18.6 Å². The molecule has 1 aliphatic heterocycles. The molecule has 0 bridgehead atoms. The molecule has 0 spiro atoms. The van der Waals surface area contributed by atoms with Gasteiger partial charge in [-0.2, -0.15) is 0 Å². The van der Waals surface area contributed by atoms with Gasteiger partial charge in [-0.05, 0) is 35.4 Å². The Morgan fingerprint density at radius 2 is 2.03 bits per heavy atom. The van der Waals surface area contributed by atoms with Crippen LogP contribution in [0.1, 0.15) is 17.0 Å². The van der Waals surface area contributed by atoms with E-state index in [-0.39, 0.29) is 18.4 Å². The number of aryl methyl sites for hydroxylation is 1. The van der Waals surface area contributed by atoms with Crippen LogP contribution in [0.2, 0.25) is 0 Å². The monoisotopic (exact) mass is 442 g/mol. The number of hydrogen-bond acceptors (Lipinski definition) is 6. The lowest BCUT2D eigenvalue weighted by Crippen LogP contribution is -2.47. The Morgan fingerprint density at radius 3 is 2.81 bits per heavy atom. The third kappa shape index (κ3) is 5.74. The Labute approximate surface area is 184 Å². The van der Waals surface area contributed by atoms with Crippen molar-refractivity contribution in [3.8, 4) is 11.5 Å². The molecule has 1 atom stereocenters. The number of rotatable bonds is 7. The molecular formula is C23H24F2N4O3. The van der Waals surface area contributed by atoms with Crippen molar-refractivity contribution in [2.75, 3.05) is 26.2 Å². The highest BCUT2D eigenvalue weighted by Gasteiger charge is 2.21. The summed E-state index contributed by atoms with van der Waals surface area (Å²) in [6, 6.07) is 11.3. The number of carbonyl (C=O) groups excluding carboxylic acids is 1. The fraction of sp³-hybridized carbons (Fsp3) is 0.348. The average molecular weight is 442 g/mol. The Bertz CT molecular complexity index is 1090. The molecule has 0 aliphatic carbocycles. The standard InChI is InChI=1S/C23H24F2N4O3/c1-15-27-28-23(32-15)18-4-2-3-16(9-18)11-22(30)26-12-19-14-29(7-8-31-19)13-17-5-6-20(24)21(25)10-17/h2-6,9-10,19H,7-8,11-14H2,1H3,(H,26,30)/t19-/m0/s1. The first-order valence-corrected chi connectivity index (χ1v) is 10.4. The highest BCUT2D eigenvalue weighted by Crippen LogP contribution is 2.19. The van der Waals surface area contributed by atoms with Gasteiger partial charge in [0.25, 0.3) is 0 Å². The van der Waals surface area contributed by atoms with E-state index in [0.29, 0.717) is 50.1 Å². The van der Waals surface area contributed by atoms with Gasteiger partial charge in [-0.25, -0.2) is 8.78 Å². The van der Waals surface area contributed by atoms with Gasteiger partial charge in [0.15, 0.2) is 11.6 Å². The van der Waals surface area contributed by atoms with Crippen molar-refractivity contribution < 1.29 is 22.7 Å². The zero-order chi connectivity index (χ0) is 22.5. The van der Waals surface area contributed by atoms with Crippen LogP contribution >= 0.6 is 0 Å². The summed E-state index contributed by atoms with van der Waals surface area (Å²) < 4.78 is 37.8. The molecule has 0 unspecified atom stereocenters. The molecule has 3 aromatic rings. The number of aromatic nitrogens is 2. The van der Waals surface area contributed by atoms with Gasteiger partial charge in [-0.15, -0.1) is 10.2 Å². The van der Waals surface area contributed by atoms with Gasteiger partial charge in [0.05, 0.1) is 19.1 Å². The highest BCUT2D eigenvalue weighted by molar-refractivity contribution is 5.79. The van der Waals surface area contributed by atoms with Crippen molar-refractivity contribution in [1.82, 2.24) is 20.4 Å². The lowest BCUT2D eigenvalue weighted by Gasteiger charge is -2.33. The molecule has 1 saturated heterocycles. The minimum absolute atomic E-state index is 0.120. The zero-order valence-electron chi connectivity index (χ0n) is 17.7. The Morgan fingerprint density at radius 1 is 1.16 bits per heavy atom. The Hall–Kier alpha value is -3.17. The van der Waals surface area contributed by atoms with Gasteiger partial charge in [0, 0.05) is 38.7 Å². The SMILES string of the molecule is Cc1nnc(-c2cccc(CC(=O)NC[C@H]3CN(Cc4ccc(F)c(F)c4)CCO3)c2)o1. The number of nitrogens with zero attached hydrogens (tertiary/aromatic N) is 3.